The first kappa shape index (κ1) is 10.8. The highest BCUT2D eigenvalue weighted by Gasteiger charge is 2.25. The van der Waals surface area contributed by atoms with Crippen molar-refractivity contribution in [3.05, 3.63) is 35.6 Å². The van der Waals surface area contributed by atoms with Crippen LogP contribution in [-0.4, -0.2) is 13.1 Å². The number of nitrogens with one attached hydrogen (secondary N) is 1. The lowest BCUT2D eigenvalue weighted by Crippen LogP contribution is -2.33. The highest BCUT2D eigenvalue weighted by molar-refractivity contribution is 5.81. The maximum atomic E-state index is 6.08. The molecule has 0 radical (unpaired) electrons. The molecular weight excluding hydrogens is 210 g/mol. The Morgan fingerprint density at radius 1 is 1.35 bits per heavy atom. The zero-order chi connectivity index (χ0) is 11.8. The number of hydrogen-bond acceptors (Lipinski definition) is 2. The maximum Gasteiger partial charge on any atom is 0.137 e. The zero-order valence-electron chi connectivity index (χ0n) is 10.5. The quantitative estimate of drug-likeness (QED) is 0.810. The lowest BCUT2D eigenvalue weighted by molar-refractivity contribution is 0.311. The van der Waals surface area contributed by atoms with E-state index in [4.69, 9.17) is 4.42 Å². The molecular formula is C15H19NO. The number of piperidine rings is 1. The molecule has 1 saturated heterocycles. The molecule has 0 spiro atoms. The van der Waals surface area contributed by atoms with E-state index in [-0.39, 0.29) is 0 Å². The Bertz CT molecular complexity index is 529. The standard InChI is InChI=1S/C15H19NO/c1-10-4-3-5-12-8-14(17-15(10)12)13-6-7-16-9-11(13)2/h3-5,8,11,13,16H,6-7,9H2,1-2H3. The van der Waals surface area contributed by atoms with E-state index in [1.807, 2.05) is 0 Å². The van der Waals surface area contributed by atoms with Gasteiger partial charge in [0.15, 0.2) is 0 Å². The van der Waals surface area contributed by atoms with Crippen molar-refractivity contribution in [3.8, 4) is 0 Å². The minimum absolute atomic E-state index is 0.572. The second-order valence-corrected chi connectivity index (χ2v) is 5.22. The fourth-order valence-corrected chi connectivity index (χ4v) is 2.85. The van der Waals surface area contributed by atoms with Crippen molar-refractivity contribution in [1.82, 2.24) is 5.32 Å². The first-order valence-electron chi connectivity index (χ1n) is 6.45. The van der Waals surface area contributed by atoms with Crippen molar-refractivity contribution in [3.63, 3.8) is 0 Å². The minimum Gasteiger partial charge on any atom is -0.460 e. The molecule has 0 saturated carbocycles. The molecule has 0 bridgehead atoms. The Labute approximate surface area is 102 Å². The van der Waals surface area contributed by atoms with E-state index in [9.17, 15) is 0 Å². The molecule has 0 amide bonds. The van der Waals surface area contributed by atoms with Crippen molar-refractivity contribution < 1.29 is 4.42 Å². The van der Waals surface area contributed by atoms with Crippen LogP contribution in [0.2, 0.25) is 0 Å². The van der Waals surface area contributed by atoms with E-state index in [1.165, 1.54) is 23.1 Å². The average molecular weight is 229 g/mol. The number of hydrogen-bond donors (Lipinski definition) is 1. The minimum atomic E-state index is 0.572. The Hall–Kier alpha value is -1.28. The molecule has 2 atom stereocenters. The average Bonchev–Trinajstić information content (AvgIpc) is 2.75. The summed E-state index contributed by atoms with van der Waals surface area (Å²) in [6.07, 6.45) is 1.18. The van der Waals surface area contributed by atoms with E-state index in [0.29, 0.717) is 11.8 Å². The molecule has 90 valence electrons. The van der Waals surface area contributed by atoms with Crippen LogP contribution in [-0.2, 0) is 0 Å². The third-order valence-electron chi connectivity index (χ3n) is 3.91. The van der Waals surface area contributed by atoms with Gasteiger partial charge in [-0.1, -0.05) is 25.1 Å². The molecule has 3 rings (SSSR count). The van der Waals surface area contributed by atoms with Crippen LogP contribution in [0.1, 0.15) is 30.6 Å². The summed E-state index contributed by atoms with van der Waals surface area (Å²) in [5.74, 6) is 2.40. The van der Waals surface area contributed by atoms with Crippen molar-refractivity contribution >= 4 is 11.0 Å². The van der Waals surface area contributed by atoms with Gasteiger partial charge in [0.05, 0.1) is 0 Å². The van der Waals surface area contributed by atoms with Crippen molar-refractivity contribution in [2.75, 3.05) is 13.1 Å². The van der Waals surface area contributed by atoms with Gasteiger partial charge in [-0.3, -0.25) is 0 Å². The third kappa shape index (κ3) is 1.87. The third-order valence-corrected chi connectivity index (χ3v) is 3.91. The molecule has 2 heteroatoms. The predicted molar refractivity (Wildman–Crippen MR) is 70.3 cm³/mol. The summed E-state index contributed by atoms with van der Waals surface area (Å²) in [4.78, 5) is 0. The van der Waals surface area contributed by atoms with Gasteiger partial charge in [-0.05, 0) is 44.0 Å². The smallest absolute Gasteiger partial charge is 0.137 e. The Balaban J connectivity index is 2.02. The summed E-state index contributed by atoms with van der Waals surface area (Å²) in [5, 5.41) is 4.68. The molecule has 2 nitrogen and oxygen atoms in total. The number of fused-ring (bicyclic) bond motifs is 1. The molecule has 2 unspecified atom stereocenters. The molecule has 0 aliphatic carbocycles. The van der Waals surface area contributed by atoms with E-state index in [1.54, 1.807) is 0 Å². The molecule has 1 aliphatic rings. The van der Waals surface area contributed by atoms with Crippen LogP contribution in [0, 0.1) is 12.8 Å². The van der Waals surface area contributed by atoms with E-state index in [2.05, 4.69) is 43.4 Å². The zero-order valence-corrected chi connectivity index (χ0v) is 10.5. The topological polar surface area (TPSA) is 25.2 Å². The first-order chi connectivity index (χ1) is 8.25. The Morgan fingerprint density at radius 2 is 2.24 bits per heavy atom. The largest absolute Gasteiger partial charge is 0.460 e. The molecule has 1 fully saturated rings. The van der Waals surface area contributed by atoms with Crippen LogP contribution < -0.4 is 5.32 Å². The van der Waals surface area contributed by atoms with Gasteiger partial charge in [-0.2, -0.15) is 0 Å². The summed E-state index contributed by atoms with van der Waals surface area (Å²) in [7, 11) is 0. The number of aryl methyl sites for hydroxylation is 1. The number of benzene rings is 1. The van der Waals surface area contributed by atoms with E-state index < -0.39 is 0 Å². The second-order valence-electron chi connectivity index (χ2n) is 5.22. The molecule has 1 aromatic carbocycles. The summed E-state index contributed by atoms with van der Waals surface area (Å²) in [6, 6.07) is 8.58. The highest BCUT2D eigenvalue weighted by atomic mass is 16.3. The van der Waals surface area contributed by atoms with Crippen LogP contribution >= 0.6 is 0 Å². The highest BCUT2D eigenvalue weighted by Crippen LogP contribution is 2.34. The maximum absolute atomic E-state index is 6.08. The monoisotopic (exact) mass is 229 g/mol. The molecule has 2 heterocycles. The van der Waals surface area contributed by atoms with Gasteiger partial charge >= 0.3 is 0 Å². The van der Waals surface area contributed by atoms with Crippen molar-refractivity contribution in [2.45, 2.75) is 26.2 Å². The molecule has 1 aromatic heterocycles. The molecule has 1 N–H and O–H groups in total. The lowest BCUT2D eigenvalue weighted by Gasteiger charge is -2.27. The molecule has 17 heavy (non-hydrogen) atoms. The molecule has 1 aliphatic heterocycles. The summed E-state index contributed by atoms with van der Waals surface area (Å²) in [5.41, 5.74) is 2.29. The van der Waals surface area contributed by atoms with Crippen LogP contribution in [0.25, 0.3) is 11.0 Å². The Kier molecular flexibility index (Phi) is 2.67. The van der Waals surface area contributed by atoms with E-state index >= 15 is 0 Å². The van der Waals surface area contributed by atoms with Crippen molar-refractivity contribution in [1.29, 1.82) is 0 Å². The van der Waals surface area contributed by atoms with Gasteiger partial charge in [-0.15, -0.1) is 0 Å². The molecule has 2 aromatic rings. The van der Waals surface area contributed by atoms with E-state index in [0.717, 1.165) is 18.7 Å². The first-order valence-corrected chi connectivity index (χ1v) is 6.45. The number of rotatable bonds is 1. The fraction of sp³-hybridized carbons (Fsp3) is 0.467. The summed E-state index contributed by atoms with van der Waals surface area (Å²) >= 11 is 0. The van der Waals surface area contributed by atoms with Crippen LogP contribution in [0.15, 0.2) is 28.7 Å². The predicted octanol–water partition coefficient (Wildman–Crippen LogP) is 3.45. The SMILES string of the molecule is Cc1cccc2cc(C3CCNCC3C)oc12. The van der Waals surface area contributed by atoms with Crippen molar-refractivity contribution in [2.24, 2.45) is 5.92 Å². The lowest BCUT2D eigenvalue weighted by atomic mass is 9.86. The van der Waals surface area contributed by atoms with Gasteiger partial charge in [0.25, 0.3) is 0 Å². The van der Waals surface area contributed by atoms with Gasteiger partial charge in [0.1, 0.15) is 11.3 Å². The number of para-hydroxylation sites is 1. The van der Waals surface area contributed by atoms with Crippen LogP contribution in [0.5, 0.6) is 0 Å². The second kappa shape index (κ2) is 4.19. The van der Waals surface area contributed by atoms with Crippen LogP contribution in [0.3, 0.4) is 0 Å². The Morgan fingerprint density at radius 3 is 3.00 bits per heavy atom. The van der Waals surface area contributed by atoms with Crippen LogP contribution in [0.4, 0.5) is 0 Å². The summed E-state index contributed by atoms with van der Waals surface area (Å²) in [6.45, 7) is 6.62. The van der Waals surface area contributed by atoms with Gasteiger partial charge < -0.3 is 9.73 Å². The van der Waals surface area contributed by atoms with Gasteiger partial charge in [0, 0.05) is 11.3 Å². The number of furan rings is 1. The van der Waals surface area contributed by atoms with Gasteiger partial charge in [-0.25, -0.2) is 0 Å². The fourth-order valence-electron chi connectivity index (χ4n) is 2.85. The van der Waals surface area contributed by atoms with Gasteiger partial charge in [0.2, 0.25) is 0 Å². The summed E-state index contributed by atoms with van der Waals surface area (Å²) < 4.78 is 6.08. The normalized spacial score (nSPS) is 25.3.